The maximum atomic E-state index is 11.7. The molecular formula is C14H20N2O. The summed E-state index contributed by atoms with van der Waals surface area (Å²) < 4.78 is 0. The van der Waals surface area contributed by atoms with Crippen LogP contribution in [0.5, 0.6) is 0 Å². The van der Waals surface area contributed by atoms with Gasteiger partial charge in [-0.3, -0.25) is 4.79 Å². The molecule has 1 aliphatic carbocycles. The summed E-state index contributed by atoms with van der Waals surface area (Å²) in [6, 6.07) is 7.45. The van der Waals surface area contributed by atoms with Gasteiger partial charge in [-0.15, -0.1) is 0 Å². The Morgan fingerprint density at radius 3 is 2.53 bits per heavy atom. The molecule has 0 bridgehead atoms. The van der Waals surface area contributed by atoms with E-state index in [1.54, 1.807) is 0 Å². The minimum absolute atomic E-state index is 0.0949. The molecule has 1 aromatic carbocycles. The molecule has 1 amide bonds. The molecule has 92 valence electrons. The van der Waals surface area contributed by atoms with E-state index in [1.165, 1.54) is 6.42 Å². The summed E-state index contributed by atoms with van der Waals surface area (Å²) in [6.45, 7) is 5.29. The molecule has 0 radical (unpaired) electrons. The molecule has 0 aromatic heterocycles. The Balaban J connectivity index is 1.76. The van der Waals surface area contributed by atoms with Crippen LogP contribution >= 0.6 is 0 Å². The highest BCUT2D eigenvalue weighted by Crippen LogP contribution is 2.50. The van der Waals surface area contributed by atoms with Crippen molar-refractivity contribution in [2.75, 3.05) is 12.3 Å². The highest BCUT2D eigenvalue weighted by molar-refractivity contribution is 5.78. The first-order valence-electron chi connectivity index (χ1n) is 6.08. The number of hydrogen-bond donors (Lipinski definition) is 2. The Morgan fingerprint density at radius 2 is 2.00 bits per heavy atom. The zero-order valence-electron chi connectivity index (χ0n) is 10.5. The maximum absolute atomic E-state index is 11.7. The van der Waals surface area contributed by atoms with Gasteiger partial charge in [-0.05, 0) is 35.4 Å². The molecule has 0 spiro atoms. The molecule has 0 saturated heterocycles. The predicted octanol–water partition coefficient (Wildman–Crippen LogP) is 1.97. The number of carbonyl (C=O) groups excluding carboxylic acids is 1. The molecule has 3 heteroatoms. The Bertz CT molecular complexity index is 409. The first-order chi connectivity index (χ1) is 7.97. The zero-order valence-corrected chi connectivity index (χ0v) is 10.5. The van der Waals surface area contributed by atoms with Crippen LogP contribution in [0.2, 0.25) is 0 Å². The van der Waals surface area contributed by atoms with Gasteiger partial charge in [-0.25, -0.2) is 0 Å². The van der Waals surface area contributed by atoms with Crippen molar-refractivity contribution in [1.82, 2.24) is 5.32 Å². The van der Waals surface area contributed by atoms with E-state index in [9.17, 15) is 4.79 Å². The van der Waals surface area contributed by atoms with Crippen molar-refractivity contribution in [3.63, 3.8) is 0 Å². The Morgan fingerprint density at radius 1 is 1.41 bits per heavy atom. The average molecular weight is 232 g/mol. The molecule has 0 heterocycles. The van der Waals surface area contributed by atoms with E-state index in [2.05, 4.69) is 19.2 Å². The van der Waals surface area contributed by atoms with Gasteiger partial charge in [0, 0.05) is 12.2 Å². The fraction of sp³-hybridized carbons (Fsp3) is 0.500. The topological polar surface area (TPSA) is 55.1 Å². The first-order valence-corrected chi connectivity index (χ1v) is 6.08. The number of carbonyl (C=O) groups is 1. The van der Waals surface area contributed by atoms with E-state index in [0.717, 1.165) is 17.8 Å². The van der Waals surface area contributed by atoms with Crippen LogP contribution in [0.25, 0.3) is 0 Å². The molecule has 0 aliphatic heterocycles. The van der Waals surface area contributed by atoms with Crippen LogP contribution in [0.1, 0.15) is 25.8 Å². The second-order valence-electron chi connectivity index (χ2n) is 5.61. The van der Waals surface area contributed by atoms with Crippen LogP contribution in [0, 0.1) is 11.3 Å². The molecule has 1 aliphatic rings. The van der Waals surface area contributed by atoms with E-state index in [-0.39, 0.29) is 5.91 Å². The van der Waals surface area contributed by atoms with Crippen molar-refractivity contribution in [3.05, 3.63) is 29.8 Å². The summed E-state index contributed by atoms with van der Waals surface area (Å²) in [6.07, 6.45) is 1.66. The Labute approximate surface area is 102 Å². The molecule has 3 N–H and O–H groups in total. The molecule has 3 nitrogen and oxygen atoms in total. The zero-order chi connectivity index (χ0) is 12.5. The van der Waals surface area contributed by atoms with Crippen LogP contribution in [-0.2, 0) is 11.2 Å². The van der Waals surface area contributed by atoms with E-state index >= 15 is 0 Å². The summed E-state index contributed by atoms with van der Waals surface area (Å²) in [4.78, 5) is 11.7. The second-order valence-corrected chi connectivity index (χ2v) is 5.61. The van der Waals surface area contributed by atoms with Crippen molar-refractivity contribution in [2.24, 2.45) is 11.3 Å². The van der Waals surface area contributed by atoms with Crippen molar-refractivity contribution in [1.29, 1.82) is 0 Å². The van der Waals surface area contributed by atoms with Crippen LogP contribution in [0.4, 0.5) is 5.69 Å². The maximum Gasteiger partial charge on any atom is 0.224 e. The lowest BCUT2D eigenvalue weighted by Gasteiger charge is -2.06. The molecule has 1 atom stereocenters. The van der Waals surface area contributed by atoms with Crippen LogP contribution in [0.15, 0.2) is 24.3 Å². The highest BCUT2D eigenvalue weighted by Gasteiger charge is 2.45. The van der Waals surface area contributed by atoms with Crippen LogP contribution in [-0.4, -0.2) is 12.5 Å². The number of nitrogen functional groups attached to an aromatic ring is 1. The smallest absolute Gasteiger partial charge is 0.224 e. The average Bonchev–Trinajstić information content (AvgIpc) is 2.87. The van der Waals surface area contributed by atoms with Gasteiger partial charge >= 0.3 is 0 Å². The van der Waals surface area contributed by atoms with Gasteiger partial charge in [0.1, 0.15) is 0 Å². The summed E-state index contributed by atoms with van der Waals surface area (Å²) in [5, 5.41) is 2.99. The predicted molar refractivity (Wildman–Crippen MR) is 69.5 cm³/mol. The lowest BCUT2D eigenvalue weighted by Crippen LogP contribution is -2.28. The fourth-order valence-corrected chi connectivity index (χ4v) is 2.05. The van der Waals surface area contributed by atoms with Gasteiger partial charge in [0.25, 0.3) is 0 Å². The van der Waals surface area contributed by atoms with Gasteiger partial charge in [-0.2, -0.15) is 0 Å². The van der Waals surface area contributed by atoms with E-state index in [0.29, 0.717) is 17.8 Å². The fourth-order valence-electron chi connectivity index (χ4n) is 2.05. The monoisotopic (exact) mass is 232 g/mol. The van der Waals surface area contributed by atoms with Gasteiger partial charge < -0.3 is 11.1 Å². The number of hydrogen-bond acceptors (Lipinski definition) is 2. The first kappa shape index (κ1) is 12.0. The van der Waals surface area contributed by atoms with Crippen molar-refractivity contribution in [2.45, 2.75) is 26.7 Å². The quantitative estimate of drug-likeness (QED) is 0.780. The number of nitrogens with two attached hydrogens (primary N) is 1. The number of rotatable bonds is 4. The van der Waals surface area contributed by atoms with E-state index in [4.69, 9.17) is 5.73 Å². The van der Waals surface area contributed by atoms with Crippen molar-refractivity contribution in [3.8, 4) is 0 Å². The minimum atomic E-state index is 0.0949. The molecule has 2 rings (SSSR count). The van der Waals surface area contributed by atoms with Crippen LogP contribution in [0.3, 0.4) is 0 Å². The van der Waals surface area contributed by atoms with E-state index < -0.39 is 0 Å². The molecule has 1 unspecified atom stereocenters. The third kappa shape index (κ3) is 3.22. The summed E-state index contributed by atoms with van der Waals surface area (Å²) in [5.41, 5.74) is 7.76. The Kier molecular flexibility index (Phi) is 3.09. The number of anilines is 1. The number of amides is 1. The number of nitrogens with one attached hydrogen (secondary N) is 1. The van der Waals surface area contributed by atoms with Gasteiger partial charge in [-0.1, -0.05) is 26.0 Å². The molecule has 1 fully saturated rings. The second kappa shape index (κ2) is 4.40. The minimum Gasteiger partial charge on any atom is -0.399 e. The summed E-state index contributed by atoms with van der Waals surface area (Å²) in [5.74, 6) is 0.746. The van der Waals surface area contributed by atoms with Crippen LogP contribution < -0.4 is 11.1 Å². The normalized spacial score (nSPS) is 20.9. The number of benzene rings is 1. The molecule has 1 aromatic rings. The van der Waals surface area contributed by atoms with Crippen molar-refractivity contribution < 1.29 is 4.79 Å². The third-order valence-electron chi connectivity index (χ3n) is 3.61. The highest BCUT2D eigenvalue weighted by atomic mass is 16.1. The lowest BCUT2D eigenvalue weighted by atomic mass is 10.1. The molecular weight excluding hydrogens is 212 g/mol. The molecule has 1 saturated carbocycles. The third-order valence-corrected chi connectivity index (χ3v) is 3.61. The SMILES string of the molecule is CC1(C)CC1CNC(=O)Cc1ccc(N)cc1. The van der Waals surface area contributed by atoms with Gasteiger partial charge in [0.2, 0.25) is 5.91 Å². The largest absolute Gasteiger partial charge is 0.399 e. The lowest BCUT2D eigenvalue weighted by molar-refractivity contribution is -0.120. The van der Waals surface area contributed by atoms with Gasteiger partial charge in [0.05, 0.1) is 6.42 Å². The summed E-state index contributed by atoms with van der Waals surface area (Å²) >= 11 is 0. The standard InChI is InChI=1S/C14H20N2O/c1-14(2)8-11(14)9-16-13(17)7-10-3-5-12(15)6-4-10/h3-6,11H,7-9,15H2,1-2H3,(H,16,17). The van der Waals surface area contributed by atoms with Gasteiger partial charge in [0.15, 0.2) is 0 Å². The van der Waals surface area contributed by atoms with E-state index in [1.807, 2.05) is 24.3 Å². The molecule has 17 heavy (non-hydrogen) atoms. The Hall–Kier alpha value is -1.51. The van der Waals surface area contributed by atoms with Crippen molar-refractivity contribution >= 4 is 11.6 Å². The summed E-state index contributed by atoms with van der Waals surface area (Å²) in [7, 11) is 0.